The first-order valence-corrected chi connectivity index (χ1v) is 8.21. The number of carboxylic acids is 1. The number of anilines is 1. The summed E-state index contributed by atoms with van der Waals surface area (Å²) in [7, 11) is -4.07. The second kappa shape index (κ2) is 6.30. The monoisotopic (exact) mass is 354 g/mol. The number of halogens is 2. The molecule has 116 valence electrons. The van der Waals surface area contributed by atoms with Crippen molar-refractivity contribution in [2.75, 3.05) is 11.3 Å². The Morgan fingerprint density at radius 2 is 2.10 bits per heavy atom. The third kappa shape index (κ3) is 3.94. The minimum Gasteiger partial charge on any atom is -0.480 e. The summed E-state index contributed by atoms with van der Waals surface area (Å²) >= 11 is 11.3. The normalized spacial score (nSPS) is 20.2. The highest BCUT2D eigenvalue weighted by Gasteiger charge is 2.37. The Bertz CT molecular complexity index is 634. The molecule has 2 heterocycles. The molecule has 1 saturated heterocycles. The van der Waals surface area contributed by atoms with E-state index < -0.39 is 22.2 Å². The summed E-state index contributed by atoms with van der Waals surface area (Å²) in [4.78, 5) is 18.5. The zero-order chi connectivity index (χ0) is 15.6. The lowest BCUT2D eigenvalue weighted by molar-refractivity contribution is -0.142. The number of nitrogens with one attached hydrogen (secondary N) is 1. The van der Waals surface area contributed by atoms with Crippen molar-refractivity contribution in [1.82, 2.24) is 14.3 Å². The molecule has 1 unspecified atom stereocenters. The summed E-state index contributed by atoms with van der Waals surface area (Å²) in [6, 6.07) is 0.0917. The van der Waals surface area contributed by atoms with Crippen LogP contribution in [0.1, 0.15) is 19.3 Å². The van der Waals surface area contributed by atoms with E-state index in [-0.39, 0.29) is 29.2 Å². The molecular formula is C10H12Cl2N4O4S. The Hall–Kier alpha value is -1.16. The Labute approximate surface area is 131 Å². The van der Waals surface area contributed by atoms with Gasteiger partial charge in [-0.1, -0.05) is 11.6 Å². The maximum absolute atomic E-state index is 12.3. The summed E-state index contributed by atoms with van der Waals surface area (Å²) in [5.41, 5.74) is 0. The minimum atomic E-state index is -4.07. The summed E-state index contributed by atoms with van der Waals surface area (Å²) < 4.78 is 27.7. The second-order valence-corrected chi connectivity index (χ2v) is 6.76. The SMILES string of the molecule is O=C(O)C1CCCCN1S(=O)(=O)Nc1cc(Cl)nc(Cl)n1. The van der Waals surface area contributed by atoms with Gasteiger partial charge >= 0.3 is 16.2 Å². The first-order chi connectivity index (χ1) is 9.79. The van der Waals surface area contributed by atoms with E-state index in [1.165, 1.54) is 6.07 Å². The van der Waals surface area contributed by atoms with Crippen molar-refractivity contribution < 1.29 is 18.3 Å². The molecule has 0 radical (unpaired) electrons. The molecule has 1 atom stereocenters. The Morgan fingerprint density at radius 1 is 1.38 bits per heavy atom. The first-order valence-electron chi connectivity index (χ1n) is 6.02. The highest BCUT2D eigenvalue weighted by molar-refractivity contribution is 7.90. The van der Waals surface area contributed by atoms with Crippen molar-refractivity contribution in [3.63, 3.8) is 0 Å². The van der Waals surface area contributed by atoms with Crippen LogP contribution in [-0.4, -0.2) is 46.4 Å². The number of hydrogen-bond donors (Lipinski definition) is 2. The van der Waals surface area contributed by atoms with Gasteiger partial charge in [-0.05, 0) is 30.9 Å². The standard InChI is InChI=1S/C10H12Cl2N4O4S/c11-7-5-8(14-10(12)13-7)15-21(19,20)16-4-2-1-3-6(16)9(17)18/h5-6H,1-4H2,(H,17,18)(H,13,14,15). The lowest BCUT2D eigenvalue weighted by Crippen LogP contribution is -2.50. The van der Waals surface area contributed by atoms with E-state index >= 15 is 0 Å². The molecule has 1 aliphatic heterocycles. The molecule has 0 saturated carbocycles. The third-order valence-corrected chi connectivity index (χ3v) is 4.83. The van der Waals surface area contributed by atoms with Gasteiger partial charge in [-0.2, -0.15) is 17.7 Å². The molecule has 8 nitrogen and oxygen atoms in total. The van der Waals surface area contributed by atoms with E-state index in [0.29, 0.717) is 12.8 Å². The molecule has 0 aliphatic carbocycles. The smallest absolute Gasteiger partial charge is 0.322 e. The number of nitrogens with zero attached hydrogens (tertiary/aromatic N) is 3. The third-order valence-electron chi connectivity index (χ3n) is 2.95. The summed E-state index contributed by atoms with van der Waals surface area (Å²) in [6.07, 6.45) is 1.52. The Morgan fingerprint density at radius 3 is 2.71 bits per heavy atom. The van der Waals surface area contributed by atoms with E-state index in [0.717, 1.165) is 4.31 Å². The molecule has 0 amide bonds. The lowest BCUT2D eigenvalue weighted by Gasteiger charge is -2.31. The van der Waals surface area contributed by atoms with Gasteiger partial charge in [0.2, 0.25) is 5.28 Å². The number of carboxylic acid groups (broad SMARTS) is 1. The van der Waals surface area contributed by atoms with Crippen LogP contribution in [0.4, 0.5) is 5.82 Å². The van der Waals surface area contributed by atoms with E-state index in [9.17, 15) is 13.2 Å². The quantitative estimate of drug-likeness (QED) is 0.623. The van der Waals surface area contributed by atoms with Gasteiger partial charge < -0.3 is 5.11 Å². The topological polar surface area (TPSA) is 112 Å². The summed E-state index contributed by atoms with van der Waals surface area (Å²) in [5, 5.41) is 8.88. The van der Waals surface area contributed by atoms with Crippen LogP contribution in [-0.2, 0) is 15.0 Å². The molecule has 1 aliphatic rings. The fraction of sp³-hybridized carbons (Fsp3) is 0.500. The van der Waals surface area contributed by atoms with Crippen LogP contribution in [0.25, 0.3) is 0 Å². The number of rotatable bonds is 4. The average molecular weight is 355 g/mol. The fourth-order valence-corrected chi connectivity index (χ4v) is 3.87. The number of aromatic nitrogens is 2. The number of hydrogen-bond acceptors (Lipinski definition) is 5. The molecule has 21 heavy (non-hydrogen) atoms. The van der Waals surface area contributed by atoms with E-state index in [2.05, 4.69) is 14.7 Å². The highest BCUT2D eigenvalue weighted by atomic mass is 35.5. The zero-order valence-corrected chi connectivity index (χ0v) is 13.0. The van der Waals surface area contributed by atoms with Gasteiger partial charge in [0.05, 0.1) is 0 Å². The average Bonchev–Trinajstić information content (AvgIpc) is 2.36. The highest BCUT2D eigenvalue weighted by Crippen LogP contribution is 2.23. The van der Waals surface area contributed by atoms with Gasteiger partial charge in [0.1, 0.15) is 17.0 Å². The second-order valence-electron chi connectivity index (χ2n) is 4.41. The van der Waals surface area contributed by atoms with Gasteiger partial charge in [-0.15, -0.1) is 0 Å². The van der Waals surface area contributed by atoms with E-state index in [1.807, 2.05) is 0 Å². The Kier molecular flexibility index (Phi) is 4.87. The van der Waals surface area contributed by atoms with Crippen LogP contribution >= 0.6 is 23.2 Å². The first kappa shape index (κ1) is 16.2. The number of carbonyl (C=O) groups is 1. The van der Waals surface area contributed by atoms with Crippen molar-refractivity contribution in [1.29, 1.82) is 0 Å². The van der Waals surface area contributed by atoms with Gasteiger partial charge in [-0.3, -0.25) is 9.52 Å². The predicted octanol–water partition coefficient (Wildman–Crippen LogP) is 1.38. The van der Waals surface area contributed by atoms with Crippen LogP contribution in [0, 0.1) is 0 Å². The van der Waals surface area contributed by atoms with Crippen LogP contribution in [0.15, 0.2) is 6.07 Å². The molecule has 0 bridgehead atoms. The maximum atomic E-state index is 12.3. The maximum Gasteiger partial charge on any atom is 0.322 e. The zero-order valence-electron chi connectivity index (χ0n) is 10.7. The lowest BCUT2D eigenvalue weighted by atomic mass is 10.1. The number of aliphatic carboxylic acids is 1. The molecule has 1 aromatic heterocycles. The molecule has 1 aromatic rings. The van der Waals surface area contributed by atoms with Crippen molar-refractivity contribution in [2.45, 2.75) is 25.3 Å². The number of piperidine rings is 1. The van der Waals surface area contributed by atoms with E-state index in [4.69, 9.17) is 28.3 Å². The summed E-state index contributed by atoms with van der Waals surface area (Å²) in [6.45, 7) is 0.124. The van der Waals surface area contributed by atoms with Crippen LogP contribution in [0.2, 0.25) is 10.4 Å². The molecule has 0 spiro atoms. The van der Waals surface area contributed by atoms with Crippen molar-refractivity contribution >= 4 is 45.2 Å². The molecule has 1 fully saturated rings. The van der Waals surface area contributed by atoms with Crippen LogP contribution in [0.5, 0.6) is 0 Å². The molecular weight excluding hydrogens is 343 g/mol. The van der Waals surface area contributed by atoms with Crippen LogP contribution in [0.3, 0.4) is 0 Å². The van der Waals surface area contributed by atoms with Gasteiger partial charge in [0, 0.05) is 12.6 Å². The van der Waals surface area contributed by atoms with E-state index in [1.54, 1.807) is 0 Å². The van der Waals surface area contributed by atoms with Gasteiger partial charge in [-0.25, -0.2) is 4.98 Å². The minimum absolute atomic E-state index is 0.0267. The molecule has 2 N–H and O–H groups in total. The fourth-order valence-electron chi connectivity index (χ4n) is 2.07. The molecule has 11 heteroatoms. The summed E-state index contributed by atoms with van der Waals surface area (Å²) in [5.74, 6) is -1.30. The van der Waals surface area contributed by atoms with Gasteiger partial charge in [0.25, 0.3) is 0 Å². The predicted molar refractivity (Wildman–Crippen MR) is 76.6 cm³/mol. The molecule has 2 rings (SSSR count). The Balaban J connectivity index is 2.26. The van der Waals surface area contributed by atoms with Crippen molar-refractivity contribution in [3.05, 3.63) is 16.5 Å². The van der Waals surface area contributed by atoms with Crippen LogP contribution < -0.4 is 4.72 Å². The van der Waals surface area contributed by atoms with Crippen molar-refractivity contribution in [3.8, 4) is 0 Å². The van der Waals surface area contributed by atoms with Gasteiger partial charge in [0.15, 0.2) is 0 Å². The molecule has 0 aromatic carbocycles. The largest absolute Gasteiger partial charge is 0.480 e. The van der Waals surface area contributed by atoms with Crippen molar-refractivity contribution in [2.24, 2.45) is 0 Å².